The van der Waals surface area contributed by atoms with Crippen LogP contribution >= 0.6 is 0 Å². The first-order valence-electron chi connectivity index (χ1n) is 7.98. The smallest absolute Gasteiger partial charge is 0.326 e. The van der Waals surface area contributed by atoms with Crippen molar-refractivity contribution < 1.29 is 19.4 Å². The molecule has 2 aromatic carbocycles. The first-order chi connectivity index (χ1) is 11.6. The molecule has 2 amide bonds. The molecule has 0 aromatic heterocycles. The Morgan fingerprint density at radius 2 is 1.83 bits per heavy atom. The van der Waals surface area contributed by atoms with Crippen molar-refractivity contribution in [2.45, 2.75) is 12.5 Å². The molecule has 6 heteroatoms. The lowest BCUT2D eigenvalue weighted by Crippen LogP contribution is -2.51. The summed E-state index contributed by atoms with van der Waals surface area (Å²) in [6.45, 7) is 1.92. The Bertz CT molecular complexity index is 735. The standard InChI is InChI=1S/C18H20N2O4/c21-17(22)16(19-18(23)20-8-10-24-11-9-20)12-14-6-3-5-13-4-1-2-7-15(13)14/h1-7,16H,8-12H2,(H,19,23)(H,21,22)/t16-/m0/s1. The van der Waals surface area contributed by atoms with Gasteiger partial charge in [-0.3, -0.25) is 0 Å². The second-order valence-corrected chi connectivity index (χ2v) is 5.78. The number of nitrogens with one attached hydrogen (secondary N) is 1. The lowest BCUT2D eigenvalue weighted by molar-refractivity contribution is -0.139. The highest BCUT2D eigenvalue weighted by molar-refractivity contribution is 5.87. The van der Waals surface area contributed by atoms with Gasteiger partial charge in [0.15, 0.2) is 0 Å². The molecule has 1 heterocycles. The molecule has 1 aliphatic rings. The van der Waals surface area contributed by atoms with Crippen LogP contribution in [0.3, 0.4) is 0 Å². The number of amides is 2. The predicted molar refractivity (Wildman–Crippen MR) is 90.0 cm³/mol. The molecule has 0 spiro atoms. The molecule has 0 unspecified atom stereocenters. The van der Waals surface area contributed by atoms with Crippen LogP contribution in [0.1, 0.15) is 5.56 Å². The van der Waals surface area contributed by atoms with Crippen molar-refractivity contribution in [3.63, 3.8) is 0 Å². The third kappa shape index (κ3) is 3.65. The van der Waals surface area contributed by atoms with Gasteiger partial charge in [0.1, 0.15) is 6.04 Å². The molecule has 0 aliphatic carbocycles. The van der Waals surface area contributed by atoms with Gasteiger partial charge in [0.25, 0.3) is 0 Å². The number of ether oxygens (including phenoxy) is 1. The number of nitrogens with zero attached hydrogens (tertiary/aromatic N) is 1. The zero-order chi connectivity index (χ0) is 16.9. The molecule has 24 heavy (non-hydrogen) atoms. The summed E-state index contributed by atoms with van der Waals surface area (Å²) in [4.78, 5) is 25.4. The summed E-state index contributed by atoms with van der Waals surface area (Å²) in [7, 11) is 0. The third-order valence-corrected chi connectivity index (χ3v) is 4.20. The van der Waals surface area contributed by atoms with Crippen molar-refractivity contribution in [2.75, 3.05) is 26.3 Å². The minimum atomic E-state index is -1.04. The summed E-state index contributed by atoms with van der Waals surface area (Å²) in [6, 6.07) is 12.3. The van der Waals surface area contributed by atoms with Crippen LogP contribution < -0.4 is 5.32 Å². The average Bonchev–Trinajstić information content (AvgIpc) is 2.62. The van der Waals surface area contributed by atoms with Gasteiger partial charge in [-0.25, -0.2) is 9.59 Å². The first kappa shape index (κ1) is 16.3. The molecule has 1 aliphatic heterocycles. The summed E-state index contributed by atoms with van der Waals surface area (Å²) < 4.78 is 5.21. The molecule has 2 N–H and O–H groups in total. The molecule has 6 nitrogen and oxygen atoms in total. The van der Waals surface area contributed by atoms with E-state index in [0.29, 0.717) is 26.3 Å². The number of carbonyl (C=O) groups is 2. The molecule has 1 atom stereocenters. The van der Waals surface area contributed by atoms with Crippen LogP contribution in [0.25, 0.3) is 10.8 Å². The van der Waals surface area contributed by atoms with Crippen LogP contribution in [0.2, 0.25) is 0 Å². The highest BCUT2D eigenvalue weighted by Gasteiger charge is 2.25. The minimum absolute atomic E-state index is 0.243. The predicted octanol–water partition coefficient (Wildman–Crippen LogP) is 1.88. The van der Waals surface area contributed by atoms with Crippen molar-refractivity contribution in [1.82, 2.24) is 10.2 Å². The fraction of sp³-hybridized carbons (Fsp3) is 0.333. The van der Waals surface area contributed by atoms with Crippen LogP contribution in [0.4, 0.5) is 4.79 Å². The van der Waals surface area contributed by atoms with E-state index in [4.69, 9.17) is 4.74 Å². The van der Waals surface area contributed by atoms with E-state index in [9.17, 15) is 14.7 Å². The lowest BCUT2D eigenvalue weighted by atomic mass is 9.99. The Balaban J connectivity index is 1.76. The lowest BCUT2D eigenvalue weighted by Gasteiger charge is -2.28. The van der Waals surface area contributed by atoms with Gasteiger partial charge >= 0.3 is 12.0 Å². The summed E-state index contributed by atoms with van der Waals surface area (Å²) in [6.07, 6.45) is 0.243. The number of fused-ring (bicyclic) bond motifs is 1. The third-order valence-electron chi connectivity index (χ3n) is 4.20. The molecule has 3 rings (SSSR count). The Hall–Kier alpha value is -2.60. The maximum Gasteiger partial charge on any atom is 0.326 e. The molecule has 0 saturated carbocycles. The molecular formula is C18H20N2O4. The van der Waals surface area contributed by atoms with E-state index in [0.717, 1.165) is 16.3 Å². The normalized spacial score (nSPS) is 15.9. The van der Waals surface area contributed by atoms with Gasteiger partial charge in [-0.1, -0.05) is 42.5 Å². The number of carboxylic acids is 1. The van der Waals surface area contributed by atoms with Crippen molar-refractivity contribution in [2.24, 2.45) is 0 Å². The number of benzene rings is 2. The number of hydrogen-bond acceptors (Lipinski definition) is 3. The van der Waals surface area contributed by atoms with E-state index in [2.05, 4.69) is 5.32 Å². The fourth-order valence-electron chi connectivity index (χ4n) is 2.90. The molecule has 0 radical (unpaired) electrons. The van der Waals surface area contributed by atoms with Crippen molar-refractivity contribution in [3.8, 4) is 0 Å². The maximum absolute atomic E-state index is 12.3. The van der Waals surface area contributed by atoms with Crippen molar-refractivity contribution in [3.05, 3.63) is 48.0 Å². The van der Waals surface area contributed by atoms with Crippen LogP contribution in [0.15, 0.2) is 42.5 Å². The highest BCUT2D eigenvalue weighted by Crippen LogP contribution is 2.20. The molecule has 126 valence electrons. The number of urea groups is 1. The van der Waals surface area contributed by atoms with Crippen LogP contribution in [-0.2, 0) is 16.0 Å². The van der Waals surface area contributed by atoms with Gasteiger partial charge < -0.3 is 20.1 Å². The summed E-state index contributed by atoms with van der Waals surface area (Å²) in [5.74, 6) is -1.04. The topological polar surface area (TPSA) is 78.9 Å². The van der Waals surface area contributed by atoms with Gasteiger partial charge in [0.05, 0.1) is 13.2 Å². The number of carboxylic acid groups (broad SMARTS) is 1. The van der Waals surface area contributed by atoms with Gasteiger partial charge in [0.2, 0.25) is 0 Å². The quantitative estimate of drug-likeness (QED) is 0.898. The Morgan fingerprint density at radius 3 is 2.58 bits per heavy atom. The largest absolute Gasteiger partial charge is 0.480 e. The molecule has 2 aromatic rings. The van der Waals surface area contributed by atoms with Crippen LogP contribution in [0, 0.1) is 0 Å². The van der Waals surface area contributed by atoms with E-state index in [1.165, 1.54) is 0 Å². The molecule has 1 saturated heterocycles. The van der Waals surface area contributed by atoms with E-state index < -0.39 is 12.0 Å². The minimum Gasteiger partial charge on any atom is -0.480 e. The highest BCUT2D eigenvalue weighted by atomic mass is 16.5. The molecular weight excluding hydrogens is 308 g/mol. The van der Waals surface area contributed by atoms with Gasteiger partial charge in [-0.2, -0.15) is 0 Å². The van der Waals surface area contributed by atoms with Crippen molar-refractivity contribution in [1.29, 1.82) is 0 Å². The number of rotatable bonds is 4. The van der Waals surface area contributed by atoms with Gasteiger partial charge in [0, 0.05) is 19.5 Å². The summed E-state index contributed by atoms with van der Waals surface area (Å²) in [5, 5.41) is 14.2. The number of hydrogen-bond donors (Lipinski definition) is 2. The summed E-state index contributed by atoms with van der Waals surface area (Å²) >= 11 is 0. The Kier molecular flexibility index (Phi) is 4.96. The Morgan fingerprint density at radius 1 is 1.12 bits per heavy atom. The van der Waals surface area contributed by atoms with Crippen LogP contribution in [0.5, 0.6) is 0 Å². The number of carbonyl (C=O) groups excluding carboxylic acids is 1. The average molecular weight is 328 g/mol. The molecule has 1 fully saturated rings. The van der Waals surface area contributed by atoms with E-state index >= 15 is 0 Å². The van der Waals surface area contributed by atoms with Crippen LogP contribution in [-0.4, -0.2) is 54.4 Å². The second-order valence-electron chi connectivity index (χ2n) is 5.78. The monoisotopic (exact) mass is 328 g/mol. The van der Waals surface area contributed by atoms with E-state index in [-0.39, 0.29) is 12.5 Å². The van der Waals surface area contributed by atoms with E-state index in [1.54, 1.807) is 4.90 Å². The van der Waals surface area contributed by atoms with Gasteiger partial charge in [-0.15, -0.1) is 0 Å². The number of morpholine rings is 1. The fourth-order valence-corrected chi connectivity index (χ4v) is 2.90. The first-order valence-corrected chi connectivity index (χ1v) is 7.98. The Labute approximate surface area is 140 Å². The maximum atomic E-state index is 12.3. The second kappa shape index (κ2) is 7.31. The number of aliphatic carboxylic acids is 1. The molecule has 0 bridgehead atoms. The zero-order valence-corrected chi connectivity index (χ0v) is 13.3. The van der Waals surface area contributed by atoms with Gasteiger partial charge in [-0.05, 0) is 16.3 Å². The van der Waals surface area contributed by atoms with Crippen molar-refractivity contribution >= 4 is 22.8 Å². The van der Waals surface area contributed by atoms with E-state index in [1.807, 2.05) is 42.5 Å². The zero-order valence-electron chi connectivity index (χ0n) is 13.3. The SMILES string of the molecule is O=C(O)[C@H](Cc1cccc2ccccc12)NC(=O)N1CCOCC1. The summed E-state index contributed by atoms with van der Waals surface area (Å²) in [5.41, 5.74) is 0.905.